The molecular weight excluding hydrogens is 258 g/mol. The predicted octanol–water partition coefficient (Wildman–Crippen LogP) is 2.48. The van der Waals surface area contributed by atoms with Gasteiger partial charge in [0.15, 0.2) is 0 Å². The van der Waals surface area contributed by atoms with E-state index in [4.69, 9.17) is 0 Å². The molecule has 104 valence electrons. The predicted molar refractivity (Wildman–Crippen MR) is 80.8 cm³/mol. The third-order valence-corrected chi connectivity index (χ3v) is 4.38. The van der Waals surface area contributed by atoms with E-state index in [1.165, 1.54) is 0 Å². The molecule has 1 unspecified atom stereocenters. The summed E-state index contributed by atoms with van der Waals surface area (Å²) in [7, 11) is 0. The summed E-state index contributed by atoms with van der Waals surface area (Å²) >= 11 is 1.92. The van der Waals surface area contributed by atoms with E-state index < -0.39 is 0 Å². The number of anilines is 1. The number of thioether (sulfide) groups is 1. The Hall–Kier alpha value is -1.23. The molecule has 0 aliphatic carbocycles. The van der Waals surface area contributed by atoms with Crippen molar-refractivity contribution in [2.75, 3.05) is 29.9 Å². The highest BCUT2D eigenvalue weighted by Gasteiger charge is 2.24. The third-order valence-electron chi connectivity index (χ3n) is 3.19. The van der Waals surface area contributed by atoms with Gasteiger partial charge in [0.05, 0.1) is 0 Å². The molecule has 0 saturated carbocycles. The van der Waals surface area contributed by atoms with Gasteiger partial charge in [-0.3, -0.25) is 4.79 Å². The van der Waals surface area contributed by atoms with Gasteiger partial charge in [-0.15, -0.1) is 0 Å². The van der Waals surface area contributed by atoms with E-state index in [0.29, 0.717) is 6.04 Å². The SMILES string of the molecule is CCCNc1cc(C(=O)N2CCSCC2C)ccn1. The second kappa shape index (κ2) is 6.80. The van der Waals surface area contributed by atoms with E-state index in [1.54, 1.807) is 12.3 Å². The van der Waals surface area contributed by atoms with Crippen molar-refractivity contribution >= 4 is 23.5 Å². The van der Waals surface area contributed by atoms with E-state index in [-0.39, 0.29) is 5.91 Å². The largest absolute Gasteiger partial charge is 0.370 e. The van der Waals surface area contributed by atoms with Crippen LogP contribution >= 0.6 is 11.8 Å². The monoisotopic (exact) mass is 279 g/mol. The maximum absolute atomic E-state index is 12.5. The van der Waals surface area contributed by atoms with Gasteiger partial charge in [-0.1, -0.05) is 6.92 Å². The summed E-state index contributed by atoms with van der Waals surface area (Å²) in [5.41, 5.74) is 0.729. The molecule has 1 atom stereocenters. The van der Waals surface area contributed by atoms with Crippen molar-refractivity contribution in [3.8, 4) is 0 Å². The van der Waals surface area contributed by atoms with Crippen molar-refractivity contribution in [3.63, 3.8) is 0 Å². The molecule has 2 rings (SSSR count). The average Bonchev–Trinajstić information content (AvgIpc) is 2.45. The van der Waals surface area contributed by atoms with Crippen LogP contribution in [0.4, 0.5) is 5.82 Å². The van der Waals surface area contributed by atoms with Crippen LogP contribution in [0.25, 0.3) is 0 Å². The Morgan fingerprint density at radius 2 is 2.47 bits per heavy atom. The molecule has 1 fully saturated rings. The van der Waals surface area contributed by atoms with E-state index in [1.807, 2.05) is 22.7 Å². The lowest BCUT2D eigenvalue weighted by atomic mass is 10.2. The number of aromatic nitrogens is 1. The molecule has 4 nitrogen and oxygen atoms in total. The highest BCUT2D eigenvalue weighted by Crippen LogP contribution is 2.19. The van der Waals surface area contributed by atoms with Crippen LogP contribution in [0, 0.1) is 0 Å². The van der Waals surface area contributed by atoms with Gasteiger partial charge < -0.3 is 10.2 Å². The Balaban J connectivity index is 2.09. The van der Waals surface area contributed by atoms with Gasteiger partial charge in [-0.2, -0.15) is 11.8 Å². The molecule has 0 radical (unpaired) electrons. The molecule has 1 aliphatic heterocycles. The normalized spacial score (nSPS) is 19.3. The number of carbonyl (C=O) groups is 1. The zero-order valence-corrected chi connectivity index (χ0v) is 12.4. The summed E-state index contributed by atoms with van der Waals surface area (Å²) in [6.07, 6.45) is 2.74. The second-order valence-corrected chi connectivity index (χ2v) is 5.93. The van der Waals surface area contributed by atoms with Crippen molar-refractivity contribution < 1.29 is 4.79 Å². The van der Waals surface area contributed by atoms with Crippen molar-refractivity contribution in [1.29, 1.82) is 0 Å². The smallest absolute Gasteiger partial charge is 0.254 e. The maximum atomic E-state index is 12.5. The first-order chi connectivity index (χ1) is 9.22. The molecule has 5 heteroatoms. The molecule has 0 spiro atoms. The van der Waals surface area contributed by atoms with Crippen LogP contribution in [0.3, 0.4) is 0 Å². The van der Waals surface area contributed by atoms with Crippen molar-refractivity contribution in [1.82, 2.24) is 9.88 Å². The fourth-order valence-electron chi connectivity index (χ4n) is 2.11. The number of carbonyl (C=O) groups excluding carboxylic acids is 1. The number of nitrogens with one attached hydrogen (secondary N) is 1. The number of pyridine rings is 1. The van der Waals surface area contributed by atoms with Crippen LogP contribution < -0.4 is 5.32 Å². The first kappa shape index (κ1) is 14.2. The lowest BCUT2D eigenvalue weighted by Gasteiger charge is -2.33. The Morgan fingerprint density at radius 1 is 1.63 bits per heavy atom. The summed E-state index contributed by atoms with van der Waals surface area (Å²) < 4.78 is 0. The molecular formula is C14H21N3OS. The van der Waals surface area contributed by atoms with Crippen LogP contribution in [0.1, 0.15) is 30.6 Å². The van der Waals surface area contributed by atoms with Gasteiger partial charge >= 0.3 is 0 Å². The van der Waals surface area contributed by atoms with Crippen molar-refractivity contribution in [3.05, 3.63) is 23.9 Å². The fourth-order valence-corrected chi connectivity index (χ4v) is 3.12. The zero-order chi connectivity index (χ0) is 13.7. The van der Waals surface area contributed by atoms with Gasteiger partial charge in [-0.05, 0) is 25.5 Å². The van der Waals surface area contributed by atoms with Crippen molar-refractivity contribution in [2.24, 2.45) is 0 Å². The molecule has 0 bridgehead atoms. The molecule has 1 N–H and O–H groups in total. The van der Waals surface area contributed by atoms with Crippen LogP contribution in [0.5, 0.6) is 0 Å². The van der Waals surface area contributed by atoms with Gasteiger partial charge in [0.2, 0.25) is 0 Å². The Labute approximate surface area is 119 Å². The molecule has 1 aliphatic rings. The summed E-state index contributed by atoms with van der Waals surface area (Å²) in [6.45, 7) is 5.93. The van der Waals surface area contributed by atoms with E-state index in [2.05, 4.69) is 24.1 Å². The number of hydrogen-bond acceptors (Lipinski definition) is 4. The van der Waals surface area contributed by atoms with E-state index in [0.717, 1.165) is 42.4 Å². The van der Waals surface area contributed by atoms with E-state index in [9.17, 15) is 4.79 Å². The highest BCUT2D eigenvalue weighted by atomic mass is 32.2. The quantitative estimate of drug-likeness (QED) is 0.919. The number of rotatable bonds is 4. The molecule has 1 aromatic rings. The Kier molecular flexibility index (Phi) is 5.07. The standard InChI is InChI=1S/C14H21N3OS/c1-3-5-15-13-9-12(4-6-16-13)14(18)17-7-8-19-10-11(17)2/h4,6,9,11H,3,5,7-8,10H2,1-2H3,(H,15,16). The maximum Gasteiger partial charge on any atom is 0.254 e. The third kappa shape index (κ3) is 3.62. The fraction of sp³-hybridized carbons (Fsp3) is 0.571. The number of amides is 1. The van der Waals surface area contributed by atoms with Gasteiger partial charge in [0.1, 0.15) is 5.82 Å². The zero-order valence-electron chi connectivity index (χ0n) is 11.6. The lowest BCUT2D eigenvalue weighted by molar-refractivity contribution is 0.0716. The topological polar surface area (TPSA) is 45.2 Å². The van der Waals surface area contributed by atoms with E-state index >= 15 is 0 Å². The molecule has 19 heavy (non-hydrogen) atoms. The minimum atomic E-state index is 0.120. The van der Waals surface area contributed by atoms with Crippen molar-refractivity contribution in [2.45, 2.75) is 26.3 Å². The molecule has 1 amide bonds. The lowest BCUT2D eigenvalue weighted by Crippen LogP contribution is -2.44. The summed E-state index contributed by atoms with van der Waals surface area (Å²) in [4.78, 5) is 18.7. The number of hydrogen-bond donors (Lipinski definition) is 1. The molecule has 1 aromatic heterocycles. The number of nitrogens with zero attached hydrogens (tertiary/aromatic N) is 2. The first-order valence-electron chi connectivity index (χ1n) is 6.81. The first-order valence-corrected chi connectivity index (χ1v) is 7.96. The van der Waals surface area contributed by atoms with Gasteiger partial charge in [0.25, 0.3) is 5.91 Å². The summed E-state index contributed by atoms with van der Waals surface area (Å²) in [5, 5.41) is 3.22. The summed E-state index contributed by atoms with van der Waals surface area (Å²) in [6, 6.07) is 3.96. The van der Waals surface area contributed by atoms with Crippen LogP contribution in [0.15, 0.2) is 18.3 Å². The van der Waals surface area contributed by atoms with Gasteiger partial charge in [0, 0.05) is 42.4 Å². The Morgan fingerprint density at radius 3 is 3.21 bits per heavy atom. The molecule has 0 aromatic carbocycles. The minimum Gasteiger partial charge on any atom is -0.370 e. The van der Waals surface area contributed by atoms with Crippen LogP contribution in [0.2, 0.25) is 0 Å². The second-order valence-electron chi connectivity index (χ2n) is 4.78. The van der Waals surface area contributed by atoms with Crippen LogP contribution in [-0.4, -0.2) is 46.4 Å². The minimum absolute atomic E-state index is 0.120. The Bertz CT molecular complexity index is 438. The average molecular weight is 279 g/mol. The molecule has 2 heterocycles. The van der Waals surface area contributed by atoms with Gasteiger partial charge in [-0.25, -0.2) is 4.98 Å². The summed E-state index contributed by atoms with van der Waals surface area (Å²) in [5.74, 6) is 2.96. The van der Waals surface area contributed by atoms with Crippen LogP contribution in [-0.2, 0) is 0 Å². The molecule has 1 saturated heterocycles. The highest BCUT2D eigenvalue weighted by molar-refractivity contribution is 7.99.